The van der Waals surface area contributed by atoms with Gasteiger partial charge >= 0.3 is 5.97 Å². The molecule has 2 N–H and O–H groups in total. The van der Waals surface area contributed by atoms with E-state index in [0.29, 0.717) is 31.9 Å². The molecule has 224 valence electrons. The van der Waals surface area contributed by atoms with Crippen LogP contribution in [0.5, 0.6) is 0 Å². The Labute approximate surface area is 239 Å². The monoisotopic (exact) mass is 559 g/mol. The number of benzene rings is 1. The number of hydrogen-bond donors (Lipinski definition) is 2. The van der Waals surface area contributed by atoms with Gasteiger partial charge < -0.3 is 14.9 Å². The smallest absolute Gasteiger partial charge is 0.322 e. The molecule has 2 aliphatic rings. The van der Waals surface area contributed by atoms with Gasteiger partial charge in [0.1, 0.15) is 12.6 Å². The molecule has 1 aromatic carbocycles. The van der Waals surface area contributed by atoms with Crippen molar-refractivity contribution in [1.29, 1.82) is 0 Å². The maximum Gasteiger partial charge on any atom is 0.322 e. The van der Waals surface area contributed by atoms with Crippen LogP contribution < -0.4 is 10.8 Å². The van der Waals surface area contributed by atoms with Crippen LogP contribution in [0.4, 0.5) is 5.69 Å². The minimum atomic E-state index is -0.268. The zero-order valence-corrected chi connectivity index (χ0v) is 24.3. The molecular weight excluding hydrogens is 510 g/mol. The van der Waals surface area contributed by atoms with Gasteiger partial charge in [-0.2, -0.15) is 5.06 Å². The summed E-state index contributed by atoms with van der Waals surface area (Å²) in [6.07, 6.45) is 16.0. The summed E-state index contributed by atoms with van der Waals surface area (Å²) in [6.45, 7) is 1.13. The van der Waals surface area contributed by atoms with Gasteiger partial charge in [-0.15, -0.1) is 0 Å². The van der Waals surface area contributed by atoms with E-state index < -0.39 is 0 Å². The number of unbranched alkanes of at least 4 members (excludes halogenated alkanes) is 3. The number of hydrogen-bond acceptors (Lipinski definition) is 7. The third-order valence-electron chi connectivity index (χ3n) is 7.80. The van der Waals surface area contributed by atoms with Crippen molar-refractivity contribution in [3.8, 4) is 0 Å². The van der Waals surface area contributed by atoms with Crippen LogP contribution in [-0.4, -0.2) is 49.2 Å². The Morgan fingerprint density at radius 2 is 1.45 bits per heavy atom. The molecule has 9 nitrogen and oxygen atoms in total. The van der Waals surface area contributed by atoms with Gasteiger partial charge in [0.15, 0.2) is 0 Å². The first-order valence-corrected chi connectivity index (χ1v) is 15.3. The second-order valence-electron chi connectivity index (χ2n) is 11.2. The van der Waals surface area contributed by atoms with Crippen LogP contribution in [0.25, 0.3) is 0 Å². The molecule has 0 aromatic heterocycles. The summed E-state index contributed by atoms with van der Waals surface area (Å²) >= 11 is 0. The predicted molar refractivity (Wildman–Crippen MR) is 154 cm³/mol. The van der Waals surface area contributed by atoms with E-state index in [4.69, 9.17) is 14.4 Å². The van der Waals surface area contributed by atoms with E-state index in [0.717, 1.165) is 62.6 Å². The van der Waals surface area contributed by atoms with Crippen LogP contribution in [0.3, 0.4) is 0 Å². The summed E-state index contributed by atoms with van der Waals surface area (Å²) < 4.78 is 5.51. The first-order valence-electron chi connectivity index (χ1n) is 15.3. The van der Waals surface area contributed by atoms with Crippen LogP contribution in [-0.2, 0) is 35.3 Å². The molecule has 0 bridgehead atoms. The number of carbonyl (C=O) groups is 3. The first-order chi connectivity index (χ1) is 19.5. The van der Waals surface area contributed by atoms with Crippen LogP contribution in [0, 0.1) is 5.92 Å². The Morgan fingerprint density at radius 1 is 0.825 bits per heavy atom. The van der Waals surface area contributed by atoms with E-state index in [1.165, 1.54) is 38.5 Å². The molecule has 2 fully saturated rings. The van der Waals surface area contributed by atoms with Crippen LogP contribution in [0.2, 0.25) is 0 Å². The van der Waals surface area contributed by atoms with Gasteiger partial charge in [-0.05, 0) is 75.0 Å². The molecule has 0 aliphatic heterocycles. The maximum atomic E-state index is 12.3. The zero-order valence-electron chi connectivity index (χ0n) is 24.3. The number of rotatable bonds is 17. The van der Waals surface area contributed by atoms with Gasteiger partial charge in [0.2, 0.25) is 11.8 Å². The van der Waals surface area contributed by atoms with E-state index in [2.05, 4.69) is 10.8 Å². The average Bonchev–Trinajstić information content (AvgIpc) is 3.31. The molecule has 9 heteroatoms. The van der Waals surface area contributed by atoms with Gasteiger partial charge in [-0.3, -0.25) is 19.2 Å². The molecular formula is C31H49N3O6. The molecule has 2 aliphatic carbocycles. The Morgan fingerprint density at radius 3 is 2.10 bits per heavy atom. The molecule has 2 amide bonds. The summed E-state index contributed by atoms with van der Waals surface area (Å²) in [5.74, 6) is 0.212. The fourth-order valence-electron chi connectivity index (χ4n) is 5.43. The highest BCUT2D eigenvalue weighted by molar-refractivity contribution is 5.90. The number of carbonyl (C=O) groups excluding carboxylic acids is 3. The molecule has 0 radical (unpaired) electrons. The second kappa shape index (κ2) is 18.8. The van der Waals surface area contributed by atoms with Gasteiger partial charge in [0, 0.05) is 25.1 Å². The molecule has 0 unspecified atom stereocenters. The molecule has 0 heterocycles. The van der Waals surface area contributed by atoms with E-state index in [1.807, 2.05) is 24.3 Å². The number of nitrogens with one attached hydrogen (secondary N) is 2. The summed E-state index contributed by atoms with van der Waals surface area (Å²) in [4.78, 5) is 47.3. The minimum Gasteiger partial charge on any atom is -0.461 e. The van der Waals surface area contributed by atoms with Gasteiger partial charge in [-0.25, -0.2) is 5.48 Å². The third-order valence-corrected chi connectivity index (χ3v) is 7.80. The van der Waals surface area contributed by atoms with Crippen molar-refractivity contribution in [2.45, 2.75) is 115 Å². The molecule has 0 saturated heterocycles. The van der Waals surface area contributed by atoms with E-state index >= 15 is 0 Å². The maximum absolute atomic E-state index is 12.3. The highest BCUT2D eigenvalue weighted by Gasteiger charge is 2.21. The van der Waals surface area contributed by atoms with E-state index in [9.17, 15) is 14.4 Å². The molecule has 40 heavy (non-hydrogen) atoms. The van der Waals surface area contributed by atoms with Gasteiger partial charge in [-0.1, -0.05) is 50.7 Å². The second-order valence-corrected chi connectivity index (χ2v) is 11.2. The number of ether oxygens (including phenoxy) is 1. The van der Waals surface area contributed by atoms with Crippen molar-refractivity contribution in [1.82, 2.24) is 10.5 Å². The van der Waals surface area contributed by atoms with E-state index in [1.54, 1.807) is 12.2 Å². The van der Waals surface area contributed by atoms with Crippen molar-refractivity contribution in [2.24, 2.45) is 5.92 Å². The van der Waals surface area contributed by atoms with Crippen molar-refractivity contribution in [3.63, 3.8) is 0 Å². The first kappa shape index (κ1) is 32.0. The van der Waals surface area contributed by atoms with Crippen molar-refractivity contribution in [2.75, 3.05) is 25.6 Å². The number of esters is 1. The van der Waals surface area contributed by atoms with Gasteiger partial charge in [0.25, 0.3) is 0 Å². The van der Waals surface area contributed by atoms with Crippen LogP contribution >= 0.6 is 0 Å². The summed E-state index contributed by atoms with van der Waals surface area (Å²) in [7, 11) is 1.54. The molecule has 0 atom stereocenters. The van der Waals surface area contributed by atoms with Crippen LogP contribution in [0.15, 0.2) is 24.3 Å². The van der Waals surface area contributed by atoms with Crippen molar-refractivity contribution >= 4 is 23.5 Å². The number of amides is 2. The predicted octanol–water partition coefficient (Wildman–Crippen LogP) is 5.83. The standard InChI is InChI=1S/C31H49N3O6/c1-38-34(23-31(37)40-28-14-10-11-15-28)22-25-18-20-27(21-19-25)32-29(35)16-8-4-5-9-17-30(36)33-39-24-26-12-6-2-3-7-13-26/h18-21,26,28H,2-17,22-24H2,1H3,(H,32,35)(H,33,36). The number of hydroxylamine groups is 3. The summed E-state index contributed by atoms with van der Waals surface area (Å²) in [5.41, 5.74) is 4.29. The zero-order chi connectivity index (χ0) is 28.4. The quantitative estimate of drug-likeness (QED) is 0.107. The highest BCUT2D eigenvalue weighted by Crippen LogP contribution is 2.23. The highest BCUT2D eigenvalue weighted by atomic mass is 16.7. The van der Waals surface area contributed by atoms with E-state index in [-0.39, 0.29) is 30.4 Å². The van der Waals surface area contributed by atoms with Crippen molar-refractivity contribution in [3.05, 3.63) is 29.8 Å². The third kappa shape index (κ3) is 13.2. The fraction of sp³-hybridized carbons (Fsp3) is 0.710. The summed E-state index contributed by atoms with van der Waals surface area (Å²) in [5, 5.41) is 4.50. The largest absolute Gasteiger partial charge is 0.461 e. The Hall–Kier alpha value is -2.49. The van der Waals surface area contributed by atoms with Crippen molar-refractivity contribution < 1.29 is 28.8 Å². The normalized spacial score (nSPS) is 16.6. The Balaban J connectivity index is 1.21. The lowest BCUT2D eigenvalue weighted by atomic mass is 10.0. The topological polar surface area (TPSA) is 106 Å². The lowest BCUT2D eigenvalue weighted by molar-refractivity contribution is -0.175. The lowest BCUT2D eigenvalue weighted by Gasteiger charge is -2.20. The van der Waals surface area contributed by atoms with Gasteiger partial charge in [0.05, 0.1) is 13.7 Å². The SMILES string of the molecule is CON(CC(=O)OC1CCCC1)Cc1ccc(NC(=O)CCCCCCC(=O)NOCC2CCCCCC2)cc1. The molecule has 0 spiro atoms. The molecule has 3 rings (SSSR count). The molecule has 1 aromatic rings. The Bertz CT molecular complexity index is 880. The lowest BCUT2D eigenvalue weighted by Crippen LogP contribution is -2.31. The Kier molecular flexibility index (Phi) is 15.0. The minimum absolute atomic E-state index is 0.0226. The number of anilines is 1. The summed E-state index contributed by atoms with van der Waals surface area (Å²) in [6, 6.07) is 7.54. The van der Waals surface area contributed by atoms with Crippen LogP contribution in [0.1, 0.15) is 108 Å². The average molecular weight is 560 g/mol. The fourth-order valence-corrected chi connectivity index (χ4v) is 5.43. The number of nitrogens with zero attached hydrogens (tertiary/aromatic N) is 1. The molecule has 2 saturated carbocycles.